The van der Waals surface area contributed by atoms with Gasteiger partial charge in [0.15, 0.2) is 0 Å². The molecule has 0 spiro atoms. The van der Waals surface area contributed by atoms with Crippen molar-refractivity contribution >= 4 is 15.7 Å². The second-order valence-electron chi connectivity index (χ2n) is 5.09. The molecule has 6 heteroatoms. The van der Waals surface area contributed by atoms with E-state index in [0.717, 1.165) is 16.7 Å². The lowest BCUT2D eigenvalue weighted by molar-refractivity contribution is 0.580. The summed E-state index contributed by atoms with van der Waals surface area (Å²) in [7, 11) is -3.61. The zero-order valence-electron chi connectivity index (χ0n) is 12.3. The Hall–Kier alpha value is -1.92. The van der Waals surface area contributed by atoms with Gasteiger partial charge in [-0.2, -0.15) is 0 Å². The summed E-state index contributed by atoms with van der Waals surface area (Å²) >= 11 is 0. The lowest BCUT2D eigenvalue weighted by Gasteiger charge is -2.13. The van der Waals surface area contributed by atoms with Gasteiger partial charge < -0.3 is 5.73 Å². The van der Waals surface area contributed by atoms with Crippen molar-refractivity contribution in [3.63, 3.8) is 0 Å². The van der Waals surface area contributed by atoms with Crippen molar-refractivity contribution in [3.05, 3.63) is 52.8 Å². The number of hydrogen-bond donors (Lipinski definition) is 2. The minimum absolute atomic E-state index is 0.204. The van der Waals surface area contributed by atoms with Crippen LogP contribution in [0.3, 0.4) is 0 Å². The van der Waals surface area contributed by atoms with Crippen LogP contribution in [0.2, 0.25) is 0 Å². The molecule has 0 radical (unpaired) electrons. The van der Waals surface area contributed by atoms with Gasteiger partial charge in [0.2, 0.25) is 10.0 Å². The van der Waals surface area contributed by atoms with E-state index in [9.17, 15) is 8.42 Å². The molecule has 1 aromatic carbocycles. The maximum absolute atomic E-state index is 12.5. The van der Waals surface area contributed by atoms with Gasteiger partial charge in [0, 0.05) is 24.6 Å². The summed E-state index contributed by atoms with van der Waals surface area (Å²) in [4.78, 5) is 4.23. The number of nitrogens with zero attached hydrogens (tertiary/aromatic N) is 1. The van der Waals surface area contributed by atoms with Crippen LogP contribution in [0.15, 0.2) is 35.5 Å². The molecular formula is C15H19N3O2S. The van der Waals surface area contributed by atoms with Gasteiger partial charge in [-0.05, 0) is 61.2 Å². The van der Waals surface area contributed by atoms with E-state index in [1.54, 1.807) is 25.4 Å². The maximum atomic E-state index is 12.5. The van der Waals surface area contributed by atoms with Gasteiger partial charge in [-0.25, -0.2) is 13.1 Å². The van der Waals surface area contributed by atoms with E-state index in [2.05, 4.69) is 9.71 Å². The average Bonchev–Trinajstić information content (AvgIpc) is 2.42. The quantitative estimate of drug-likeness (QED) is 0.847. The number of anilines is 1. The molecular weight excluding hydrogens is 286 g/mol. The Morgan fingerprint density at radius 1 is 1.19 bits per heavy atom. The van der Waals surface area contributed by atoms with E-state index < -0.39 is 10.0 Å². The summed E-state index contributed by atoms with van der Waals surface area (Å²) in [5.74, 6) is 0. The third kappa shape index (κ3) is 3.40. The smallest absolute Gasteiger partial charge is 0.241 e. The average molecular weight is 305 g/mol. The van der Waals surface area contributed by atoms with Crippen LogP contribution in [-0.4, -0.2) is 13.4 Å². The Kier molecular flexibility index (Phi) is 4.29. The molecule has 0 fully saturated rings. The number of rotatable bonds is 4. The number of nitrogens with one attached hydrogen (secondary N) is 1. The molecule has 0 amide bonds. The minimum Gasteiger partial charge on any atom is -0.399 e. The van der Waals surface area contributed by atoms with E-state index in [0.29, 0.717) is 11.3 Å². The number of aromatic nitrogens is 1. The van der Waals surface area contributed by atoms with Gasteiger partial charge in [0.05, 0.1) is 4.90 Å². The van der Waals surface area contributed by atoms with Crippen LogP contribution in [-0.2, 0) is 16.6 Å². The predicted molar refractivity (Wildman–Crippen MR) is 83.3 cm³/mol. The molecule has 0 atom stereocenters. The van der Waals surface area contributed by atoms with Crippen LogP contribution in [0.4, 0.5) is 5.69 Å². The van der Waals surface area contributed by atoms with Crippen LogP contribution in [0.25, 0.3) is 0 Å². The first-order valence-electron chi connectivity index (χ1n) is 6.57. The number of hydrogen-bond acceptors (Lipinski definition) is 4. The molecule has 0 bridgehead atoms. The molecule has 0 unspecified atom stereocenters. The van der Waals surface area contributed by atoms with Crippen molar-refractivity contribution in [2.24, 2.45) is 0 Å². The van der Waals surface area contributed by atoms with Crippen LogP contribution >= 0.6 is 0 Å². The predicted octanol–water partition coefficient (Wildman–Crippen LogP) is 2.07. The van der Waals surface area contributed by atoms with Crippen LogP contribution in [0.5, 0.6) is 0 Å². The van der Waals surface area contributed by atoms with E-state index in [1.165, 1.54) is 6.07 Å². The Labute approximate surface area is 125 Å². The van der Waals surface area contributed by atoms with Crippen LogP contribution in [0.1, 0.15) is 22.3 Å². The fraction of sp³-hybridized carbons (Fsp3) is 0.267. The van der Waals surface area contributed by atoms with E-state index >= 15 is 0 Å². The summed E-state index contributed by atoms with van der Waals surface area (Å²) in [5.41, 5.74) is 9.60. The maximum Gasteiger partial charge on any atom is 0.241 e. The Balaban J connectivity index is 2.30. The monoisotopic (exact) mass is 305 g/mol. The molecule has 5 nitrogen and oxygen atoms in total. The van der Waals surface area contributed by atoms with Crippen molar-refractivity contribution in [1.82, 2.24) is 9.71 Å². The highest BCUT2D eigenvalue weighted by molar-refractivity contribution is 7.89. The number of nitrogen functional groups attached to an aromatic ring is 1. The Morgan fingerprint density at radius 2 is 1.90 bits per heavy atom. The van der Waals surface area contributed by atoms with E-state index in [4.69, 9.17) is 5.73 Å². The van der Waals surface area contributed by atoms with Crippen molar-refractivity contribution in [1.29, 1.82) is 0 Å². The summed E-state index contributed by atoms with van der Waals surface area (Å²) in [6.45, 7) is 5.74. The SMILES string of the molecule is Cc1ccncc1CNS(=O)(=O)c1cc(N)cc(C)c1C. The van der Waals surface area contributed by atoms with Crippen LogP contribution in [0, 0.1) is 20.8 Å². The normalized spacial score (nSPS) is 11.6. The Morgan fingerprint density at radius 3 is 2.57 bits per heavy atom. The zero-order valence-corrected chi connectivity index (χ0v) is 13.2. The third-order valence-corrected chi connectivity index (χ3v) is 5.06. The molecule has 21 heavy (non-hydrogen) atoms. The van der Waals surface area contributed by atoms with Gasteiger partial charge in [-0.1, -0.05) is 0 Å². The highest BCUT2D eigenvalue weighted by Gasteiger charge is 2.18. The molecule has 2 aromatic rings. The molecule has 0 aliphatic carbocycles. The summed E-state index contributed by atoms with van der Waals surface area (Å²) in [5, 5.41) is 0. The van der Waals surface area contributed by atoms with E-state index in [-0.39, 0.29) is 11.4 Å². The molecule has 3 N–H and O–H groups in total. The van der Waals surface area contributed by atoms with Crippen LogP contribution < -0.4 is 10.5 Å². The molecule has 2 rings (SSSR count). The number of nitrogens with two attached hydrogens (primary N) is 1. The lowest BCUT2D eigenvalue weighted by atomic mass is 10.1. The van der Waals surface area contributed by atoms with Gasteiger partial charge in [-0.15, -0.1) is 0 Å². The molecule has 0 aliphatic rings. The first-order chi connectivity index (χ1) is 9.81. The standard InChI is InChI=1S/C15H19N3O2S/c1-10-4-5-17-8-13(10)9-18-21(19,20)15-7-14(16)6-11(2)12(15)3/h4-8,18H,9,16H2,1-3H3. The fourth-order valence-electron chi connectivity index (χ4n) is 2.07. The second kappa shape index (κ2) is 5.83. The minimum atomic E-state index is -3.61. The first-order valence-corrected chi connectivity index (χ1v) is 8.05. The topological polar surface area (TPSA) is 85.1 Å². The highest BCUT2D eigenvalue weighted by atomic mass is 32.2. The molecule has 1 aromatic heterocycles. The van der Waals surface area contributed by atoms with Crippen molar-refractivity contribution in [2.45, 2.75) is 32.2 Å². The van der Waals surface area contributed by atoms with Crippen molar-refractivity contribution < 1.29 is 8.42 Å². The van der Waals surface area contributed by atoms with Gasteiger partial charge >= 0.3 is 0 Å². The number of pyridine rings is 1. The lowest BCUT2D eigenvalue weighted by Crippen LogP contribution is -2.24. The highest BCUT2D eigenvalue weighted by Crippen LogP contribution is 2.22. The molecule has 0 aliphatic heterocycles. The van der Waals surface area contributed by atoms with E-state index in [1.807, 2.05) is 19.9 Å². The molecule has 0 saturated heterocycles. The molecule has 1 heterocycles. The number of aryl methyl sites for hydroxylation is 2. The number of benzene rings is 1. The summed E-state index contributed by atoms with van der Waals surface area (Å²) < 4.78 is 27.5. The summed E-state index contributed by atoms with van der Waals surface area (Å²) in [6, 6.07) is 5.10. The summed E-state index contributed by atoms with van der Waals surface area (Å²) in [6.07, 6.45) is 3.34. The first kappa shape index (κ1) is 15.5. The van der Waals surface area contributed by atoms with Gasteiger partial charge in [0.1, 0.15) is 0 Å². The zero-order chi connectivity index (χ0) is 15.6. The molecule has 112 valence electrons. The van der Waals surface area contributed by atoms with Gasteiger partial charge in [0.25, 0.3) is 0 Å². The largest absolute Gasteiger partial charge is 0.399 e. The molecule has 0 saturated carbocycles. The number of sulfonamides is 1. The van der Waals surface area contributed by atoms with Crippen molar-refractivity contribution in [2.75, 3.05) is 5.73 Å². The third-order valence-electron chi connectivity index (χ3n) is 3.53. The van der Waals surface area contributed by atoms with Crippen molar-refractivity contribution in [3.8, 4) is 0 Å². The second-order valence-corrected chi connectivity index (χ2v) is 6.82. The fourth-order valence-corrected chi connectivity index (χ4v) is 3.42. The van der Waals surface area contributed by atoms with Gasteiger partial charge in [-0.3, -0.25) is 4.98 Å². The Bertz CT molecular complexity index is 770.